The minimum absolute atomic E-state index is 0.115. The van der Waals surface area contributed by atoms with E-state index in [1.54, 1.807) is 6.07 Å². The van der Waals surface area contributed by atoms with Crippen molar-refractivity contribution >= 4 is 22.5 Å². The maximum absolute atomic E-state index is 12.3. The van der Waals surface area contributed by atoms with Gasteiger partial charge in [0.05, 0.1) is 35.7 Å². The highest BCUT2D eigenvalue weighted by atomic mass is 35.5. The Balaban J connectivity index is 1.56. The number of benzene rings is 2. The molecule has 1 aliphatic rings. The van der Waals surface area contributed by atoms with E-state index in [9.17, 15) is 4.79 Å². The smallest absolute Gasteiger partial charge is 0.258 e. The van der Waals surface area contributed by atoms with E-state index in [1.807, 2.05) is 30.3 Å². The SMILES string of the molecule is CCN(Cc1cc(Cl)c2c(c1)OCCCO2)Cc1nc2ccccc2c(=O)[nH]1. The quantitative estimate of drug-likeness (QED) is 0.707. The lowest BCUT2D eigenvalue weighted by Crippen LogP contribution is -2.25. The fourth-order valence-corrected chi connectivity index (χ4v) is 3.62. The monoisotopic (exact) mass is 399 g/mol. The number of ether oxygens (including phenoxy) is 2. The maximum atomic E-state index is 12.3. The van der Waals surface area contributed by atoms with Gasteiger partial charge in [0.2, 0.25) is 0 Å². The molecule has 2 aromatic carbocycles. The van der Waals surface area contributed by atoms with Gasteiger partial charge in [-0.25, -0.2) is 4.98 Å². The molecule has 2 heterocycles. The number of nitrogens with zero attached hydrogens (tertiary/aromatic N) is 2. The van der Waals surface area contributed by atoms with Crippen molar-refractivity contribution in [2.24, 2.45) is 0 Å². The first-order valence-corrected chi connectivity index (χ1v) is 9.80. The van der Waals surface area contributed by atoms with E-state index in [2.05, 4.69) is 21.8 Å². The molecule has 0 saturated carbocycles. The highest BCUT2D eigenvalue weighted by molar-refractivity contribution is 6.32. The molecule has 0 amide bonds. The predicted octanol–water partition coefficient (Wildman–Crippen LogP) is 3.76. The lowest BCUT2D eigenvalue weighted by atomic mass is 10.2. The molecule has 7 heteroatoms. The molecule has 28 heavy (non-hydrogen) atoms. The zero-order valence-electron chi connectivity index (χ0n) is 15.7. The predicted molar refractivity (Wildman–Crippen MR) is 109 cm³/mol. The molecule has 1 aromatic heterocycles. The molecule has 0 radical (unpaired) electrons. The van der Waals surface area contributed by atoms with Crippen LogP contribution in [0, 0.1) is 0 Å². The van der Waals surface area contributed by atoms with Crippen LogP contribution in [0.3, 0.4) is 0 Å². The van der Waals surface area contributed by atoms with Crippen molar-refractivity contribution in [3.05, 3.63) is 63.2 Å². The van der Waals surface area contributed by atoms with Crippen LogP contribution in [-0.4, -0.2) is 34.6 Å². The van der Waals surface area contributed by atoms with Crippen molar-refractivity contribution in [2.75, 3.05) is 19.8 Å². The van der Waals surface area contributed by atoms with Crippen molar-refractivity contribution in [2.45, 2.75) is 26.4 Å². The molecule has 0 atom stereocenters. The first-order chi connectivity index (χ1) is 13.6. The number of hydrogen-bond donors (Lipinski definition) is 1. The molecular weight excluding hydrogens is 378 g/mol. The fourth-order valence-electron chi connectivity index (χ4n) is 3.33. The van der Waals surface area contributed by atoms with Gasteiger partial charge >= 0.3 is 0 Å². The number of aromatic nitrogens is 2. The Bertz CT molecular complexity index is 1050. The van der Waals surface area contributed by atoms with Crippen LogP contribution in [0.4, 0.5) is 0 Å². The molecule has 0 aliphatic carbocycles. The standard InChI is InChI=1S/C21H22ClN3O3/c1-2-25(13-19-23-17-7-4-3-6-15(17)21(26)24-19)12-14-10-16(22)20-18(11-14)27-8-5-9-28-20/h3-4,6-7,10-11H,2,5,8-9,12-13H2,1H3,(H,23,24,26). The molecule has 0 saturated heterocycles. The number of nitrogens with one attached hydrogen (secondary N) is 1. The molecule has 0 fully saturated rings. The second-order valence-corrected chi connectivity index (χ2v) is 7.20. The van der Waals surface area contributed by atoms with E-state index < -0.39 is 0 Å². The lowest BCUT2D eigenvalue weighted by Gasteiger charge is -2.21. The molecule has 0 bridgehead atoms. The Hall–Kier alpha value is -2.57. The molecule has 146 valence electrons. The highest BCUT2D eigenvalue weighted by Crippen LogP contribution is 2.38. The van der Waals surface area contributed by atoms with Gasteiger partial charge in [0, 0.05) is 13.0 Å². The van der Waals surface area contributed by atoms with Crippen molar-refractivity contribution in [3.63, 3.8) is 0 Å². The van der Waals surface area contributed by atoms with Crippen LogP contribution in [0.1, 0.15) is 24.7 Å². The number of rotatable bonds is 5. The van der Waals surface area contributed by atoms with Crippen LogP contribution in [0.2, 0.25) is 5.02 Å². The third kappa shape index (κ3) is 3.98. The Labute approximate surface area is 168 Å². The third-order valence-electron chi connectivity index (χ3n) is 4.75. The van der Waals surface area contributed by atoms with E-state index in [-0.39, 0.29) is 5.56 Å². The summed E-state index contributed by atoms with van der Waals surface area (Å²) in [6, 6.07) is 11.2. The second-order valence-electron chi connectivity index (χ2n) is 6.79. The summed E-state index contributed by atoms with van der Waals surface area (Å²) in [6.45, 7) is 5.28. The van der Waals surface area contributed by atoms with E-state index in [0.29, 0.717) is 59.6 Å². The largest absolute Gasteiger partial charge is 0.489 e. The van der Waals surface area contributed by atoms with Crippen molar-refractivity contribution in [1.82, 2.24) is 14.9 Å². The topological polar surface area (TPSA) is 67.5 Å². The number of fused-ring (bicyclic) bond motifs is 2. The number of H-pyrrole nitrogens is 1. The number of halogens is 1. The van der Waals surface area contributed by atoms with Crippen molar-refractivity contribution in [3.8, 4) is 11.5 Å². The summed E-state index contributed by atoms with van der Waals surface area (Å²) in [5.74, 6) is 1.95. The van der Waals surface area contributed by atoms with Crippen LogP contribution in [-0.2, 0) is 13.1 Å². The van der Waals surface area contributed by atoms with Gasteiger partial charge in [-0.2, -0.15) is 0 Å². The van der Waals surface area contributed by atoms with Gasteiger partial charge in [-0.05, 0) is 36.4 Å². The normalized spacial score (nSPS) is 13.7. The van der Waals surface area contributed by atoms with E-state index in [4.69, 9.17) is 21.1 Å². The summed E-state index contributed by atoms with van der Waals surface area (Å²) in [4.78, 5) is 22.0. The first kappa shape index (κ1) is 18.8. The molecule has 1 aliphatic heterocycles. The second kappa shape index (κ2) is 8.20. The van der Waals surface area contributed by atoms with Gasteiger partial charge in [-0.1, -0.05) is 30.7 Å². The number of para-hydroxylation sites is 1. The van der Waals surface area contributed by atoms with Crippen LogP contribution >= 0.6 is 11.6 Å². The Morgan fingerprint density at radius 1 is 1.18 bits per heavy atom. The number of aromatic amines is 1. The first-order valence-electron chi connectivity index (χ1n) is 9.42. The average Bonchev–Trinajstić information content (AvgIpc) is 2.93. The van der Waals surface area contributed by atoms with Crippen molar-refractivity contribution in [1.29, 1.82) is 0 Å². The Morgan fingerprint density at radius 2 is 2.00 bits per heavy atom. The van der Waals surface area contributed by atoms with Gasteiger partial charge in [0.1, 0.15) is 5.82 Å². The summed E-state index contributed by atoms with van der Waals surface area (Å²) in [6.07, 6.45) is 0.836. The summed E-state index contributed by atoms with van der Waals surface area (Å²) in [5.41, 5.74) is 1.62. The Morgan fingerprint density at radius 3 is 2.86 bits per heavy atom. The van der Waals surface area contributed by atoms with E-state index >= 15 is 0 Å². The zero-order chi connectivity index (χ0) is 19.5. The average molecular weight is 400 g/mol. The minimum atomic E-state index is -0.115. The minimum Gasteiger partial charge on any atom is -0.489 e. The molecule has 4 rings (SSSR count). The molecule has 1 N–H and O–H groups in total. The van der Waals surface area contributed by atoms with Gasteiger partial charge in [0.15, 0.2) is 11.5 Å². The highest BCUT2D eigenvalue weighted by Gasteiger charge is 2.17. The molecule has 6 nitrogen and oxygen atoms in total. The molecule has 3 aromatic rings. The maximum Gasteiger partial charge on any atom is 0.258 e. The van der Waals surface area contributed by atoms with Gasteiger partial charge < -0.3 is 14.5 Å². The molecule has 0 unspecified atom stereocenters. The van der Waals surface area contributed by atoms with Crippen LogP contribution in [0.25, 0.3) is 10.9 Å². The fraction of sp³-hybridized carbons (Fsp3) is 0.333. The number of hydrogen-bond acceptors (Lipinski definition) is 5. The summed E-state index contributed by atoms with van der Waals surface area (Å²) < 4.78 is 11.5. The van der Waals surface area contributed by atoms with Crippen molar-refractivity contribution < 1.29 is 9.47 Å². The van der Waals surface area contributed by atoms with Gasteiger partial charge in [0.25, 0.3) is 5.56 Å². The van der Waals surface area contributed by atoms with Crippen LogP contribution in [0.5, 0.6) is 11.5 Å². The van der Waals surface area contributed by atoms with Crippen LogP contribution < -0.4 is 15.0 Å². The van der Waals surface area contributed by atoms with E-state index in [1.165, 1.54) is 0 Å². The third-order valence-corrected chi connectivity index (χ3v) is 5.03. The summed E-state index contributed by atoms with van der Waals surface area (Å²) in [7, 11) is 0. The lowest BCUT2D eigenvalue weighted by molar-refractivity contribution is 0.263. The van der Waals surface area contributed by atoms with Gasteiger partial charge in [-0.15, -0.1) is 0 Å². The molecular formula is C21H22ClN3O3. The van der Waals surface area contributed by atoms with E-state index in [0.717, 1.165) is 18.5 Å². The summed E-state index contributed by atoms with van der Waals surface area (Å²) >= 11 is 6.41. The van der Waals surface area contributed by atoms with Crippen LogP contribution in [0.15, 0.2) is 41.2 Å². The zero-order valence-corrected chi connectivity index (χ0v) is 16.5. The Kier molecular flexibility index (Phi) is 5.50. The molecule has 0 spiro atoms. The summed E-state index contributed by atoms with van der Waals surface area (Å²) in [5, 5.41) is 1.16. The van der Waals surface area contributed by atoms with Gasteiger partial charge in [-0.3, -0.25) is 9.69 Å².